The van der Waals surface area contributed by atoms with Crippen molar-refractivity contribution in [1.29, 1.82) is 0 Å². The summed E-state index contributed by atoms with van der Waals surface area (Å²) in [6.07, 6.45) is 9.21. The Labute approximate surface area is 150 Å². The highest BCUT2D eigenvalue weighted by atomic mass is 16.2. The van der Waals surface area contributed by atoms with Gasteiger partial charge in [-0.2, -0.15) is 0 Å². The maximum Gasteiger partial charge on any atom is 0.274 e. The van der Waals surface area contributed by atoms with Crippen LogP contribution in [0.3, 0.4) is 0 Å². The van der Waals surface area contributed by atoms with Crippen LogP contribution in [0.4, 0.5) is 0 Å². The fourth-order valence-corrected chi connectivity index (χ4v) is 3.16. The van der Waals surface area contributed by atoms with Crippen molar-refractivity contribution in [1.82, 2.24) is 20.2 Å². The molecule has 0 aromatic carbocycles. The Balaban J connectivity index is 1.91. The Bertz CT molecular complexity index is 565. The molecule has 0 atom stereocenters. The Morgan fingerprint density at radius 1 is 1.20 bits per heavy atom. The smallest absolute Gasteiger partial charge is 0.274 e. The summed E-state index contributed by atoms with van der Waals surface area (Å²) in [6.45, 7) is 6.96. The van der Waals surface area contributed by atoms with Gasteiger partial charge in [-0.1, -0.05) is 33.1 Å². The summed E-state index contributed by atoms with van der Waals surface area (Å²) in [6, 6.07) is 0.304. The van der Waals surface area contributed by atoms with Crippen LogP contribution < -0.4 is 5.32 Å². The summed E-state index contributed by atoms with van der Waals surface area (Å²) in [5.74, 6) is 0.193. The molecule has 0 aliphatic heterocycles. The van der Waals surface area contributed by atoms with Gasteiger partial charge in [0, 0.05) is 31.7 Å². The Morgan fingerprint density at radius 3 is 2.52 bits per heavy atom. The number of nitrogens with one attached hydrogen (secondary N) is 1. The first-order valence-electron chi connectivity index (χ1n) is 9.33. The second kappa shape index (κ2) is 9.49. The second-order valence-electron chi connectivity index (χ2n) is 7.34. The first kappa shape index (κ1) is 19.3. The van der Waals surface area contributed by atoms with Gasteiger partial charge < -0.3 is 10.2 Å². The van der Waals surface area contributed by atoms with E-state index in [2.05, 4.69) is 29.1 Å². The predicted molar refractivity (Wildman–Crippen MR) is 97.1 cm³/mol. The van der Waals surface area contributed by atoms with Gasteiger partial charge in [0.05, 0.1) is 11.9 Å². The molecule has 0 saturated heterocycles. The molecule has 25 heavy (non-hydrogen) atoms. The van der Waals surface area contributed by atoms with E-state index in [0.29, 0.717) is 37.2 Å². The molecule has 1 saturated carbocycles. The van der Waals surface area contributed by atoms with Crippen LogP contribution in [0.1, 0.15) is 68.6 Å². The summed E-state index contributed by atoms with van der Waals surface area (Å²) >= 11 is 0. The highest BCUT2D eigenvalue weighted by molar-refractivity contribution is 5.92. The number of hydrogen-bond donors (Lipinski definition) is 1. The summed E-state index contributed by atoms with van der Waals surface area (Å²) in [5.41, 5.74) is 1.11. The van der Waals surface area contributed by atoms with Gasteiger partial charge >= 0.3 is 0 Å². The Kier molecular flexibility index (Phi) is 7.34. The zero-order chi connectivity index (χ0) is 18.2. The molecule has 138 valence electrons. The van der Waals surface area contributed by atoms with E-state index in [4.69, 9.17) is 0 Å². The van der Waals surface area contributed by atoms with Gasteiger partial charge in [-0.05, 0) is 25.7 Å². The van der Waals surface area contributed by atoms with Crippen molar-refractivity contribution in [2.75, 3.05) is 13.1 Å². The number of nitrogens with zero attached hydrogens (tertiary/aromatic N) is 3. The van der Waals surface area contributed by atoms with E-state index in [1.54, 1.807) is 11.1 Å². The lowest BCUT2D eigenvalue weighted by atomic mass is 9.95. The third kappa shape index (κ3) is 6.44. The second-order valence-corrected chi connectivity index (χ2v) is 7.34. The molecular formula is C19H30N4O2. The van der Waals surface area contributed by atoms with Crippen LogP contribution in [0, 0.1) is 12.8 Å². The van der Waals surface area contributed by atoms with E-state index >= 15 is 0 Å². The number of carbonyl (C=O) groups is 2. The molecule has 0 spiro atoms. The largest absolute Gasteiger partial charge is 0.353 e. The number of carbonyl (C=O) groups excluding carboxylic acids is 2. The van der Waals surface area contributed by atoms with Crippen LogP contribution in [-0.4, -0.2) is 45.8 Å². The lowest BCUT2D eigenvalue weighted by molar-refractivity contribution is -0.122. The molecular weight excluding hydrogens is 316 g/mol. The highest BCUT2D eigenvalue weighted by Gasteiger charge is 2.21. The van der Waals surface area contributed by atoms with Gasteiger partial charge in [0.15, 0.2) is 0 Å². The first-order chi connectivity index (χ1) is 12.0. The molecule has 1 aromatic heterocycles. The third-order valence-corrected chi connectivity index (χ3v) is 4.45. The van der Waals surface area contributed by atoms with Crippen molar-refractivity contribution in [3.63, 3.8) is 0 Å². The number of hydrogen-bond acceptors (Lipinski definition) is 4. The van der Waals surface area contributed by atoms with Crippen molar-refractivity contribution in [2.45, 2.75) is 65.3 Å². The van der Waals surface area contributed by atoms with Crippen LogP contribution in [0.25, 0.3) is 0 Å². The maximum atomic E-state index is 12.7. The van der Waals surface area contributed by atoms with Gasteiger partial charge in [-0.25, -0.2) is 4.98 Å². The molecule has 0 unspecified atom stereocenters. The van der Waals surface area contributed by atoms with E-state index in [0.717, 1.165) is 18.5 Å². The van der Waals surface area contributed by atoms with Crippen LogP contribution >= 0.6 is 0 Å². The Morgan fingerprint density at radius 2 is 1.92 bits per heavy atom. The minimum atomic E-state index is -0.160. The summed E-state index contributed by atoms with van der Waals surface area (Å²) in [7, 11) is 0. The van der Waals surface area contributed by atoms with Crippen molar-refractivity contribution >= 4 is 11.8 Å². The van der Waals surface area contributed by atoms with Crippen LogP contribution in [-0.2, 0) is 4.79 Å². The minimum absolute atomic E-state index is 0.0310. The van der Waals surface area contributed by atoms with E-state index in [9.17, 15) is 9.59 Å². The molecule has 1 aliphatic carbocycles. The number of amides is 2. The first-order valence-corrected chi connectivity index (χ1v) is 9.33. The standard InChI is InChI=1S/C19H30N4O2/c1-14(2)13-23(19(25)17-12-20-15(3)11-21-17)10-9-18(24)22-16-7-5-4-6-8-16/h11-12,14,16H,4-10,13H2,1-3H3,(H,22,24). The molecule has 6 nitrogen and oxygen atoms in total. The van der Waals surface area contributed by atoms with Crippen LogP contribution in [0.15, 0.2) is 12.4 Å². The zero-order valence-corrected chi connectivity index (χ0v) is 15.6. The van der Waals surface area contributed by atoms with Crippen molar-refractivity contribution < 1.29 is 9.59 Å². The minimum Gasteiger partial charge on any atom is -0.353 e. The third-order valence-electron chi connectivity index (χ3n) is 4.45. The van der Waals surface area contributed by atoms with Gasteiger partial charge in [-0.15, -0.1) is 0 Å². The molecule has 1 aliphatic rings. The molecule has 0 radical (unpaired) electrons. The molecule has 6 heteroatoms. The Hall–Kier alpha value is -1.98. The molecule has 2 rings (SSSR count). The molecule has 1 fully saturated rings. The fraction of sp³-hybridized carbons (Fsp3) is 0.684. The number of rotatable bonds is 7. The van der Waals surface area contributed by atoms with Crippen molar-refractivity contribution in [3.05, 3.63) is 23.8 Å². The van der Waals surface area contributed by atoms with Gasteiger partial charge in [-0.3, -0.25) is 14.6 Å². The average molecular weight is 346 g/mol. The molecule has 1 heterocycles. The van der Waals surface area contributed by atoms with E-state index in [1.165, 1.54) is 25.5 Å². The van der Waals surface area contributed by atoms with E-state index < -0.39 is 0 Å². The predicted octanol–water partition coefficient (Wildman–Crippen LogP) is 2.72. The van der Waals surface area contributed by atoms with Crippen LogP contribution in [0.2, 0.25) is 0 Å². The fourth-order valence-electron chi connectivity index (χ4n) is 3.16. The topological polar surface area (TPSA) is 75.2 Å². The monoisotopic (exact) mass is 346 g/mol. The number of aromatic nitrogens is 2. The lowest BCUT2D eigenvalue weighted by Gasteiger charge is -2.26. The highest BCUT2D eigenvalue weighted by Crippen LogP contribution is 2.17. The SMILES string of the molecule is Cc1cnc(C(=O)N(CCC(=O)NC2CCCCC2)CC(C)C)cn1. The normalized spacial score (nSPS) is 15.2. The van der Waals surface area contributed by atoms with E-state index in [1.807, 2.05) is 6.92 Å². The van der Waals surface area contributed by atoms with E-state index in [-0.39, 0.29) is 11.8 Å². The molecule has 1 aromatic rings. The lowest BCUT2D eigenvalue weighted by Crippen LogP contribution is -2.40. The van der Waals surface area contributed by atoms with Gasteiger partial charge in [0.2, 0.25) is 5.91 Å². The summed E-state index contributed by atoms with van der Waals surface area (Å²) in [4.78, 5) is 34.9. The van der Waals surface area contributed by atoms with Gasteiger partial charge in [0.1, 0.15) is 5.69 Å². The number of aryl methyl sites for hydroxylation is 1. The molecule has 0 bridgehead atoms. The van der Waals surface area contributed by atoms with Crippen molar-refractivity contribution in [2.24, 2.45) is 5.92 Å². The molecule has 1 N–H and O–H groups in total. The maximum absolute atomic E-state index is 12.7. The average Bonchev–Trinajstić information content (AvgIpc) is 2.59. The van der Waals surface area contributed by atoms with Crippen LogP contribution in [0.5, 0.6) is 0 Å². The molecule has 2 amide bonds. The summed E-state index contributed by atoms with van der Waals surface area (Å²) < 4.78 is 0. The van der Waals surface area contributed by atoms with Crippen molar-refractivity contribution in [3.8, 4) is 0 Å². The zero-order valence-electron chi connectivity index (χ0n) is 15.6. The quantitative estimate of drug-likeness (QED) is 0.824. The van der Waals surface area contributed by atoms with Gasteiger partial charge in [0.25, 0.3) is 5.91 Å². The summed E-state index contributed by atoms with van der Waals surface area (Å²) in [5, 5.41) is 3.11.